The maximum absolute atomic E-state index is 10.4. The molecule has 0 amide bonds. The Bertz CT molecular complexity index is 625. The number of nitrogens with zero attached hydrogens (tertiary/aromatic N) is 2. The van der Waals surface area contributed by atoms with Crippen LogP contribution in [0.1, 0.15) is 10.4 Å². The normalized spacial score (nSPS) is 9.27. The number of aromatic amines is 1. The molecule has 0 aliphatic heterocycles. The highest BCUT2D eigenvalue weighted by Gasteiger charge is 2.16. The van der Waals surface area contributed by atoms with E-state index < -0.39 is 32.8 Å². The number of nitro benzene ring substituents is 2. The molecule has 0 spiro atoms. The summed E-state index contributed by atoms with van der Waals surface area (Å²) in [5, 5.41) is 31.0. The molecule has 114 valence electrons. The van der Waals surface area contributed by atoms with Crippen LogP contribution >= 0.6 is 0 Å². The third-order valence-electron chi connectivity index (χ3n) is 2.30. The number of carboxylic acid groups (broad SMARTS) is 1. The van der Waals surface area contributed by atoms with Gasteiger partial charge in [0, 0.05) is 35.5 Å². The van der Waals surface area contributed by atoms with Gasteiger partial charge in [0.15, 0.2) is 12.4 Å². The number of carboxylic acids is 1. The van der Waals surface area contributed by atoms with Crippen molar-refractivity contribution in [2.75, 3.05) is 5.73 Å². The van der Waals surface area contributed by atoms with E-state index in [0.717, 1.165) is 5.69 Å². The van der Waals surface area contributed by atoms with Gasteiger partial charge in [0.25, 0.3) is 11.4 Å². The number of benzene rings is 1. The molecule has 0 aliphatic carbocycles. The maximum Gasteiger partial charge on any atom is 0.276 e. The minimum atomic E-state index is -1.71. The number of nitro groups is 2. The van der Waals surface area contributed by atoms with Crippen LogP contribution in [0, 0.1) is 20.2 Å². The molecule has 0 atom stereocenters. The number of aromatic nitrogens is 1. The molecule has 3 N–H and O–H groups in total. The van der Waals surface area contributed by atoms with E-state index in [1.54, 1.807) is 24.5 Å². The lowest BCUT2D eigenvalue weighted by Crippen LogP contribution is -2.22. The van der Waals surface area contributed by atoms with Crippen LogP contribution in [0.4, 0.5) is 17.1 Å². The second-order valence-corrected chi connectivity index (χ2v) is 3.87. The van der Waals surface area contributed by atoms with Gasteiger partial charge in [0.1, 0.15) is 0 Å². The Balaban J connectivity index is 0.000000287. The van der Waals surface area contributed by atoms with E-state index in [4.69, 9.17) is 5.73 Å². The number of rotatable bonds is 3. The smallest absolute Gasteiger partial charge is 0.276 e. The number of H-pyrrole nitrogens is 1. The predicted octanol–water partition coefficient (Wildman–Crippen LogP) is -0.0506. The van der Waals surface area contributed by atoms with Crippen molar-refractivity contribution in [2.45, 2.75) is 0 Å². The number of pyridine rings is 1. The Morgan fingerprint density at radius 3 is 1.73 bits per heavy atom. The summed E-state index contributed by atoms with van der Waals surface area (Å²) in [4.78, 5) is 32.1. The van der Waals surface area contributed by atoms with Crippen molar-refractivity contribution in [3.63, 3.8) is 0 Å². The lowest BCUT2D eigenvalue weighted by molar-refractivity contribution is -0.394. The molecule has 0 fully saturated rings. The average molecular weight is 306 g/mol. The van der Waals surface area contributed by atoms with Crippen LogP contribution in [0.15, 0.2) is 42.7 Å². The Morgan fingerprint density at radius 2 is 1.45 bits per heavy atom. The van der Waals surface area contributed by atoms with Gasteiger partial charge in [-0.15, -0.1) is 0 Å². The highest BCUT2D eigenvalue weighted by atomic mass is 16.6. The minimum absolute atomic E-state index is 0.601. The molecule has 10 nitrogen and oxygen atoms in total. The molecule has 2 aromatic rings. The summed E-state index contributed by atoms with van der Waals surface area (Å²) in [6.07, 6.45) is 3.57. The molecule has 0 radical (unpaired) electrons. The number of nitrogens with two attached hydrogens (primary N) is 1. The van der Waals surface area contributed by atoms with Crippen LogP contribution in [-0.4, -0.2) is 15.8 Å². The van der Waals surface area contributed by atoms with Crippen LogP contribution < -0.4 is 15.8 Å². The minimum Gasteiger partial charge on any atom is -0.545 e. The van der Waals surface area contributed by atoms with Gasteiger partial charge in [-0.3, -0.25) is 20.2 Å². The number of hydrogen-bond acceptors (Lipinski definition) is 7. The van der Waals surface area contributed by atoms with Crippen LogP contribution in [0.3, 0.4) is 0 Å². The fraction of sp³-hybridized carbons (Fsp3) is 0. The second kappa shape index (κ2) is 7.28. The van der Waals surface area contributed by atoms with Crippen LogP contribution in [0.2, 0.25) is 0 Å². The number of carbonyl (C=O) groups excluding carboxylic acids is 1. The third kappa shape index (κ3) is 4.85. The van der Waals surface area contributed by atoms with Crippen LogP contribution in [0.5, 0.6) is 0 Å². The standard InChI is InChI=1S/C7H4N2O6.C5H6N2/c10-7(11)4-1-5(8(12)13)3-6(2-4)9(14)15;6-5-1-3-7-4-2-5/h1-3H,(H,10,11);1-4H,(H2,6,7). The fourth-order valence-corrected chi connectivity index (χ4v) is 1.32. The molecular weight excluding hydrogens is 296 g/mol. The summed E-state index contributed by atoms with van der Waals surface area (Å²) in [6.45, 7) is 0. The van der Waals surface area contributed by atoms with Crippen molar-refractivity contribution in [1.82, 2.24) is 0 Å². The number of anilines is 1. The second-order valence-electron chi connectivity index (χ2n) is 3.87. The van der Waals surface area contributed by atoms with E-state index in [1.807, 2.05) is 0 Å². The molecule has 0 saturated heterocycles. The van der Waals surface area contributed by atoms with E-state index in [2.05, 4.69) is 4.98 Å². The highest BCUT2D eigenvalue weighted by molar-refractivity contribution is 5.87. The number of carbonyl (C=O) groups is 1. The summed E-state index contributed by atoms with van der Waals surface area (Å²) >= 11 is 0. The Morgan fingerprint density at radius 1 is 1.00 bits per heavy atom. The molecule has 1 aromatic heterocycles. The van der Waals surface area contributed by atoms with Gasteiger partial charge in [-0.25, -0.2) is 4.98 Å². The first-order chi connectivity index (χ1) is 10.3. The molecular formula is C12H10N4O6. The quantitative estimate of drug-likeness (QED) is 0.612. The zero-order chi connectivity index (χ0) is 16.7. The first-order valence-corrected chi connectivity index (χ1v) is 5.68. The van der Waals surface area contributed by atoms with Crippen molar-refractivity contribution in [1.29, 1.82) is 0 Å². The van der Waals surface area contributed by atoms with E-state index in [0.29, 0.717) is 18.2 Å². The maximum atomic E-state index is 10.4. The number of nitrogens with one attached hydrogen (secondary N) is 1. The summed E-state index contributed by atoms with van der Waals surface area (Å²) in [5.41, 5.74) is 4.20. The van der Waals surface area contributed by atoms with Gasteiger partial charge in [0.05, 0.1) is 21.9 Å². The summed E-state index contributed by atoms with van der Waals surface area (Å²) in [6, 6.07) is 5.68. The average Bonchev–Trinajstić information content (AvgIpc) is 2.48. The number of nitrogen functional groups attached to an aromatic ring is 1. The molecule has 2 rings (SSSR count). The summed E-state index contributed by atoms with van der Waals surface area (Å²) < 4.78 is 0. The monoisotopic (exact) mass is 306 g/mol. The third-order valence-corrected chi connectivity index (χ3v) is 2.30. The zero-order valence-electron chi connectivity index (χ0n) is 11.0. The number of aromatic carboxylic acids is 1. The fourth-order valence-electron chi connectivity index (χ4n) is 1.32. The van der Waals surface area contributed by atoms with E-state index in [-0.39, 0.29) is 0 Å². The number of non-ortho nitro benzene ring substituents is 2. The Kier molecular flexibility index (Phi) is 5.46. The van der Waals surface area contributed by atoms with Gasteiger partial charge in [-0.05, 0) is 0 Å². The van der Waals surface area contributed by atoms with Crippen molar-refractivity contribution in [2.24, 2.45) is 0 Å². The SMILES string of the molecule is Nc1cc[nH+]cc1.O=C([O-])c1cc([N+](=O)[O-])cc([N+](=O)[O-])c1. The molecule has 0 saturated carbocycles. The van der Waals surface area contributed by atoms with Crippen molar-refractivity contribution in [3.05, 3.63) is 68.5 Å². The van der Waals surface area contributed by atoms with Gasteiger partial charge in [-0.2, -0.15) is 0 Å². The van der Waals surface area contributed by atoms with E-state index in [9.17, 15) is 30.1 Å². The lowest BCUT2D eigenvalue weighted by Gasteiger charge is -2.01. The first kappa shape index (κ1) is 16.5. The molecule has 1 aromatic carbocycles. The Labute approximate surface area is 123 Å². The largest absolute Gasteiger partial charge is 0.545 e. The van der Waals surface area contributed by atoms with Gasteiger partial charge in [0.2, 0.25) is 0 Å². The summed E-state index contributed by atoms with van der Waals surface area (Å²) in [7, 11) is 0. The highest BCUT2D eigenvalue weighted by Crippen LogP contribution is 2.22. The predicted molar refractivity (Wildman–Crippen MR) is 71.5 cm³/mol. The van der Waals surface area contributed by atoms with Crippen molar-refractivity contribution >= 4 is 23.0 Å². The topological polar surface area (TPSA) is 167 Å². The first-order valence-electron chi connectivity index (χ1n) is 5.68. The molecule has 0 aliphatic rings. The molecule has 22 heavy (non-hydrogen) atoms. The van der Waals surface area contributed by atoms with Gasteiger partial charge >= 0.3 is 0 Å². The van der Waals surface area contributed by atoms with E-state index in [1.165, 1.54) is 0 Å². The van der Waals surface area contributed by atoms with Gasteiger partial charge in [-0.1, -0.05) is 0 Å². The van der Waals surface area contributed by atoms with Crippen molar-refractivity contribution in [3.8, 4) is 0 Å². The van der Waals surface area contributed by atoms with Crippen LogP contribution in [-0.2, 0) is 0 Å². The number of hydrogen-bond donors (Lipinski definition) is 1. The molecule has 0 bridgehead atoms. The van der Waals surface area contributed by atoms with Crippen molar-refractivity contribution < 1.29 is 24.7 Å². The van der Waals surface area contributed by atoms with E-state index >= 15 is 0 Å². The zero-order valence-corrected chi connectivity index (χ0v) is 11.0. The van der Waals surface area contributed by atoms with Crippen LogP contribution in [0.25, 0.3) is 0 Å². The Hall–Kier alpha value is -3.56. The molecule has 10 heteroatoms. The molecule has 0 unspecified atom stereocenters. The summed E-state index contributed by atoms with van der Waals surface area (Å²) in [5.74, 6) is -1.71. The van der Waals surface area contributed by atoms with Gasteiger partial charge < -0.3 is 15.6 Å². The molecule has 1 heterocycles. The lowest BCUT2D eigenvalue weighted by atomic mass is 10.2.